The zero-order valence-corrected chi connectivity index (χ0v) is 15.4. The molecule has 5 nitrogen and oxygen atoms in total. The Kier molecular flexibility index (Phi) is 4.08. The maximum atomic E-state index is 13.0. The second-order valence-corrected chi connectivity index (χ2v) is 7.88. The number of imide groups is 1. The average Bonchev–Trinajstić information content (AvgIpc) is 3.34. The standard InChI is InChI=1S/C18H14FN3O2S2/c1-18(14-3-2-8-25-14)16(23)22(17(24)21-18)9-13-10-26-15(20-13)11-4-6-12(19)7-5-11/h2-8,10H,9H2,1H3,(H,21,24). The lowest BCUT2D eigenvalue weighted by Crippen LogP contribution is -2.40. The van der Waals surface area contributed by atoms with Crippen molar-refractivity contribution in [2.45, 2.75) is 19.0 Å². The molecule has 1 unspecified atom stereocenters. The van der Waals surface area contributed by atoms with Crippen molar-refractivity contribution < 1.29 is 14.0 Å². The van der Waals surface area contributed by atoms with E-state index < -0.39 is 11.6 Å². The molecular formula is C18H14FN3O2S2. The molecule has 1 fully saturated rings. The number of thiophene rings is 1. The average molecular weight is 387 g/mol. The molecule has 3 amide bonds. The van der Waals surface area contributed by atoms with Gasteiger partial charge in [0.25, 0.3) is 5.91 Å². The fourth-order valence-electron chi connectivity index (χ4n) is 2.84. The van der Waals surface area contributed by atoms with E-state index in [-0.39, 0.29) is 18.3 Å². The highest BCUT2D eigenvalue weighted by Gasteiger charge is 2.49. The van der Waals surface area contributed by atoms with Crippen molar-refractivity contribution in [3.63, 3.8) is 0 Å². The van der Waals surface area contributed by atoms with Crippen molar-refractivity contribution in [1.82, 2.24) is 15.2 Å². The largest absolute Gasteiger partial charge is 0.325 e. The summed E-state index contributed by atoms with van der Waals surface area (Å²) in [7, 11) is 0. The highest BCUT2D eigenvalue weighted by atomic mass is 32.1. The molecule has 4 rings (SSSR count). The zero-order chi connectivity index (χ0) is 18.3. The second-order valence-electron chi connectivity index (χ2n) is 6.07. The molecule has 1 saturated heterocycles. The number of carbonyl (C=O) groups is 2. The van der Waals surface area contributed by atoms with Crippen molar-refractivity contribution in [3.8, 4) is 10.6 Å². The van der Waals surface area contributed by atoms with Crippen LogP contribution in [0.15, 0.2) is 47.2 Å². The van der Waals surface area contributed by atoms with E-state index in [1.165, 1.54) is 39.7 Å². The van der Waals surface area contributed by atoms with Crippen molar-refractivity contribution in [1.29, 1.82) is 0 Å². The third-order valence-electron chi connectivity index (χ3n) is 4.25. The Labute approximate surface area is 157 Å². The topological polar surface area (TPSA) is 62.3 Å². The van der Waals surface area contributed by atoms with Gasteiger partial charge in [-0.3, -0.25) is 9.69 Å². The Hall–Kier alpha value is -2.58. The molecule has 0 spiro atoms. The van der Waals surface area contributed by atoms with E-state index in [9.17, 15) is 14.0 Å². The molecule has 26 heavy (non-hydrogen) atoms. The summed E-state index contributed by atoms with van der Waals surface area (Å²) in [5, 5.41) is 7.17. The number of urea groups is 1. The van der Waals surface area contributed by atoms with Gasteiger partial charge in [-0.25, -0.2) is 14.2 Å². The van der Waals surface area contributed by atoms with Gasteiger partial charge >= 0.3 is 6.03 Å². The van der Waals surface area contributed by atoms with Gasteiger partial charge in [0, 0.05) is 15.8 Å². The fraction of sp³-hybridized carbons (Fsp3) is 0.167. The lowest BCUT2D eigenvalue weighted by molar-refractivity contribution is -0.131. The molecule has 0 bridgehead atoms. The molecule has 0 saturated carbocycles. The Morgan fingerprint density at radius 2 is 1.96 bits per heavy atom. The van der Waals surface area contributed by atoms with E-state index in [0.29, 0.717) is 10.7 Å². The second kappa shape index (κ2) is 6.30. The van der Waals surface area contributed by atoms with Gasteiger partial charge in [0.1, 0.15) is 10.8 Å². The summed E-state index contributed by atoms with van der Waals surface area (Å²) in [6.07, 6.45) is 0. The molecular weight excluding hydrogens is 373 g/mol. The first-order valence-corrected chi connectivity index (χ1v) is 9.62. The van der Waals surface area contributed by atoms with Crippen molar-refractivity contribution >= 4 is 34.6 Å². The Balaban J connectivity index is 1.55. The fourth-order valence-corrected chi connectivity index (χ4v) is 4.49. The predicted octanol–water partition coefficient (Wildman–Crippen LogP) is 3.98. The number of rotatable bonds is 4. The normalized spacial score (nSPS) is 19.8. The third-order valence-corrected chi connectivity index (χ3v) is 6.28. The van der Waals surface area contributed by atoms with Crippen LogP contribution < -0.4 is 5.32 Å². The van der Waals surface area contributed by atoms with Crippen molar-refractivity contribution in [3.05, 3.63) is 63.5 Å². The minimum absolute atomic E-state index is 0.101. The van der Waals surface area contributed by atoms with E-state index in [0.717, 1.165) is 10.4 Å². The lowest BCUT2D eigenvalue weighted by atomic mass is 10.0. The molecule has 0 radical (unpaired) electrons. The molecule has 1 aliphatic rings. The highest BCUT2D eigenvalue weighted by Crippen LogP contribution is 2.33. The summed E-state index contributed by atoms with van der Waals surface area (Å²) in [6, 6.07) is 9.31. The number of nitrogens with one attached hydrogen (secondary N) is 1. The van der Waals surface area contributed by atoms with E-state index in [1.807, 2.05) is 17.5 Å². The Morgan fingerprint density at radius 1 is 1.19 bits per heavy atom. The number of thiazole rings is 1. The molecule has 3 heterocycles. The molecule has 2 aromatic heterocycles. The first-order valence-electron chi connectivity index (χ1n) is 7.86. The first kappa shape index (κ1) is 16.9. The van der Waals surface area contributed by atoms with Crippen LogP contribution in [0.5, 0.6) is 0 Å². The maximum absolute atomic E-state index is 13.0. The monoisotopic (exact) mass is 387 g/mol. The van der Waals surface area contributed by atoms with Crippen LogP contribution in [0.3, 0.4) is 0 Å². The molecule has 1 N–H and O–H groups in total. The SMILES string of the molecule is CC1(c2cccs2)NC(=O)N(Cc2csc(-c3ccc(F)cc3)n2)C1=O. The van der Waals surface area contributed by atoms with Crippen LogP contribution in [-0.2, 0) is 16.9 Å². The number of carbonyl (C=O) groups excluding carboxylic acids is 2. The number of benzene rings is 1. The van der Waals surface area contributed by atoms with Crippen LogP contribution in [0.25, 0.3) is 10.6 Å². The summed E-state index contributed by atoms with van der Waals surface area (Å²) >= 11 is 2.82. The highest BCUT2D eigenvalue weighted by molar-refractivity contribution is 7.13. The zero-order valence-electron chi connectivity index (χ0n) is 13.7. The summed E-state index contributed by atoms with van der Waals surface area (Å²) in [6.45, 7) is 1.81. The van der Waals surface area contributed by atoms with Gasteiger partial charge < -0.3 is 5.32 Å². The quantitative estimate of drug-likeness (QED) is 0.689. The van der Waals surface area contributed by atoms with Gasteiger partial charge in [-0.1, -0.05) is 6.07 Å². The van der Waals surface area contributed by atoms with E-state index in [4.69, 9.17) is 0 Å². The van der Waals surface area contributed by atoms with Gasteiger partial charge in [0.05, 0.1) is 12.2 Å². The van der Waals surface area contributed by atoms with E-state index >= 15 is 0 Å². The number of amides is 3. The number of nitrogens with zero attached hydrogens (tertiary/aromatic N) is 2. The van der Waals surface area contributed by atoms with Gasteiger partial charge in [-0.15, -0.1) is 22.7 Å². The number of hydrogen-bond donors (Lipinski definition) is 1. The van der Waals surface area contributed by atoms with Gasteiger partial charge in [0.2, 0.25) is 0 Å². The van der Waals surface area contributed by atoms with E-state index in [2.05, 4.69) is 10.3 Å². The Morgan fingerprint density at radius 3 is 2.65 bits per heavy atom. The molecule has 0 aliphatic carbocycles. The first-order chi connectivity index (χ1) is 12.5. The lowest BCUT2D eigenvalue weighted by Gasteiger charge is -2.19. The summed E-state index contributed by atoms with van der Waals surface area (Å²) in [5.74, 6) is -0.598. The Bertz CT molecular complexity index is 969. The third kappa shape index (κ3) is 2.81. The van der Waals surface area contributed by atoms with Crippen LogP contribution in [-0.4, -0.2) is 21.8 Å². The van der Waals surface area contributed by atoms with Gasteiger partial charge in [-0.05, 0) is 42.6 Å². The van der Waals surface area contributed by atoms with Crippen molar-refractivity contribution in [2.24, 2.45) is 0 Å². The maximum Gasteiger partial charge on any atom is 0.325 e. The van der Waals surface area contributed by atoms with Crippen LogP contribution in [0, 0.1) is 5.82 Å². The minimum Gasteiger partial charge on any atom is -0.319 e. The number of halogens is 1. The van der Waals surface area contributed by atoms with Gasteiger partial charge in [-0.2, -0.15) is 0 Å². The number of hydrogen-bond acceptors (Lipinski definition) is 5. The van der Waals surface area contributed by atoms with Crippen LogP contribution in [0.2, 0.25) is 0 Å². The molecule has 8 heteroatoms. The van der Waals surface area contributed by atoms with E-state index in [1.54, 1.807) is 24.4 Å². The molecule has 132 valence electrons. The molecule has 1 aromatic carbocycles. The minimum atomic E-state index is -1.04. The summed E-state index contributed by atoms with van der Waals surface area (Å²) in [5.41, 5.74) is 0.373. The molecule has 3 aromatic rings. The summed E-state index contributed by atoms with van der Waals surface area (Å²) < 4.78 is 13.0. The smallest absolute Gasteiger partial charge is 0.319 e. The number of aromatic nitrogens is 1. The summed E-state index contributed by atoms with van der Waals surface area (Å²) in [4.78, 5) is 31.6. The predicted molar refractivity (Wildman–Crippen MR) is 98.3 cm³/mol. The van der Waals surface area contributed by atoms with Crippen LogP contribution >= 0.6 is 22.7 Å². The molecule has 1 aliphatic heterocycles. The molecule has 1 atom stereocenters. The van der Waals surface area contributed by atoms with Crippen molar-refractivity contribution in [2.75, 3.05) is 0 Å². The van der Waals surface area contributed by atoms with Crippen LogP contribution in [0.1, 0.15) is 17.5 Å². The van der Waals surface area contributed by atoms with Gasteiger partial charge in [0.15, 0.2) is 5.54 Å². The van der Waals surface area contributed by atoms with Crippen LogP contribution in [0.4, 0.5) is 9.18 Å².